The summed E-state index contributed by atoms with van der Waals surface area (Å²) in [5.74, 6) is 0. The Bertz CT molecular complexity index is 505. The second-order valence-electron chi connectivity index (χ2n) is 3.69. The van der Waals surface area contributed by atoms with Crippen molar-refractivity contribution >= 4 is 40.3 Å². The van der Waals surface area contributed by atoms with Gasteiger partial charge in [-0.25, -0.2) is 0 Å². The van der Waals surface area contributed by atoms with Crippen LogP contribution in [0.5, 0.6) is 0 Å². The molecule has 0 bridgehead atoms. The van der Waals surface area contributed by atoms with Crippen LogP contribution in [0.25, 0.3) is 0 Å². The Balaban J connectivity index is 2.70. The Hall–Kier alpha value is -1.66. The van der Waals surface area contributed by atoms with Crippen LogP contribution in [-0.2, 0) is 0 Å². The van der Waals surface area contributed by atoms with Gasteiger partial charge in [0.2, 0.25) is 0 Å². The Morgan fingerprint density at radius 3 is 2.78 bits per heavy atom. The quantitative estimate of drug-likeness (QED) is 0.385. The molecule has 0 aliphatic heterocycles. The monoisotopic (exact) mass is 285 g/mol. The number of hydrogen-bond acceptors (Lipinski definition) is 3. The topological polar surface area (TPSA) is 67.2 Å². The third kappa shape index (κ3) is 4.31. The SMILES string of the molecule is C=C(C)CNC(=S)Nc1ccc([N+](=O)[O-])cc1Cl. The predicted molar refractivity (Wildman–Crippen MR) is 77.1 cm³/mol. The van der Waals surface area contributed by atoms with Crippen molar-refractivity contribution in [1.82, 2.24) is 5.32 Å². The zero-order valence-electron chi connectivity index (χ0n) is 9.70. The molecule has 0 unspecified atom stereocenters. The molecule has 5 nitrogen and oxygen atoms in total. The van der Waals surface area contributed by atoms with E-state index in [1.165, 1.54) is 18.2 Å². The molecule has 1 aromatic rings. The molecular formula is C11H12ClN3O2S. The minimum atomic E-state index is -0.507. The zero-order chi connectivity index (χ0) is 13.7. The highest BCUT2D eigenvalue weighted by Crippen LogP contribution is 2.26. The van der Waals surface area contributed by atoms with Crippen LogP contribution in [-0.4, -0.2) is 16.6 Å². The van der Waals surface area contributed by atoms with Gasteiger partial charge in [-0.05, 0) is 25.2 Å². The van der Waals surface area contributed by atoms with Crippen molar-refractivity contribution in [3.63, 3.8) is 0 Å². The maximum atomic E-state index is 10.5. The van der Waals surface area contributed by atoms with Crippen molar-refractivity contribution in [3.8, 4) is 0 Å². The predicted octanol–water partition coefficient (Wildman–Crippen LogP) is 3.11. The molecule has 0 heterocycles. The van der Waals surface area contributed by atoms with Gasteiger partial charge in [-0.2, -0.15) is 0 Å². The lowest BCUT2D eigenvalue weighted by Crippen LogP contribution is -2.29. The van der Waals surface area contributed by atoms with E-state index in [9.17, 15) is 10.1 Å². The van der Waals surface area contributed by atoms with Gasteiger partial charge in [0.1, 0.15) is 0 Å². The number of benzene rings is 1. The van der Waals surface area contributed by atoms with Crippen molar-refractivity contribution in [2.24, 2.45) is 0 Å². The van der Waals surface area contributed by atoms with Gasteiger partial charge in [0.05, 0.1) is 15.6 Å². The molecule has 0 aliphatic carbocycles. The van der Waals surface area contributed by atoms with E-state index in [0.717, 1.165) is 5.57 Å². The summed E-state index contributed by atoms with van der Waals surface area (Å²) < 4.78 is 0. The van der Waals surface area contributed by atoms with Gasteiger partial charge in [-0.15, -0.1) is 0 Å². The van der Waals surface area contributed by atoms with Gasteiger partial charge in [-0.1, -0.05) is 23.8 Å². The van der Waals surface area contributed by atoms with Gasteiger partial charge in [0, 0.05) is 18.7 Å². The standard InChI is InChI=1S/C11H12ClN3O2S/c1-7(2)6-13-11(18)14-10-4-3-8(15(16)17)5-9(10)12/h3-5H,1,6H2,2H3,(H2,13,14,18). The van der Waals surface area contributed by atoms with Crippen LogP contribution in [0.3, 0.4) is 0 Å². The number of hydrogen-bond donors (Lipinski definition) is 2. The summed E-state index contributed by atoms with van der Waals surface area (Å²) in [6, 6.07) is 4.13. The van der Waals surface area contributed by atoms with E-state index in [2.05, 4.69) is 17.2 Å². The molecule has 0 saturated carbocycles. The first kappa shape index (κ1) is 14.4. The van der Waals surface area contributed by atoms with Crippen molar-refractivity contribution in [2.45, 2.75) is 6.92 Å². The molecule has 0 atom stereocenters. The summed E-state index contributed by atoms with van der Waals surface area (Å²) in [5.41, 5.74) is 1.39. The van der Waals surface area contributed by atoms with Crippen molar-refractivity contribution in [3.05, 3.63) is 45.5 Å². The van der Waals surface area contributed by atoms with Gasteiger partial charge in [0.25, 0.3) is 5.69 Å². The molecule has 96 valence electrons. The Kier molecular flexibility index (Phi) is 5.06. The Morgan fingerprint density at radius 1 is 1.61 bits per heavy atom. The van der Waals surface area contributed by atoms with E-state index in [-0.39, 0.29) is 10.7 Å². The van der Waals surface area contributed by atoms with Gasteiger partial charge >= 0.3 is 0 Å². The Labute approximate surface area is 115 Å². The van der Waals surface area contributed by atoms with Gasteiger partial charge in [0.15, 0.2) is 5.11 Å². The van der Waals surface area contributed by atoms with Crippen LogP contribution in [0, 0.1) is 10.1 Å². The first-order chi connectivity index (χ1) is 8.40. The molecule has 7 heteroatoms. The molecule has 0 aromatic heterocycles. The van der Waals surface area contributed by atoms with Crippen LogP contribution in [0.1, 0.15) is 6.92 Å². The first-order valence-electron chi connectivity index (χ1n) is 5.03. The lowest BCUT2D eigenvalue weighted by Gasteiger charge is -2.11. The molecule has 1 rings (SSSR count). The largest absolute Gasteiger partial charge is 0.359 e. The summed E-state index contributed by atoms with van der Waals surface area (Å²) >= 11 is 11.0. The summed E-state index contributed by atoms with van der Waals surface area (Å²) in [6.45, 7) is 6.15. The average molecular weight is 286 g/mol. The fourth-order valence-corrected chi connectivity index (χ4v) is 1.52. The number of nitro benzene ring substituents is 1. The van der Waals surface area contributed by atoms with Crippen LogP contribution in [0.15, 0.2) is 30.4 Å². The number of nitro groups is 1. The molecule has 0 spiro atoms. The fourth-order valence-electron chi connectivity index (χ4n) is 1.12. The number of thiocarbonyl (C=S) groups is 1. The number of halogens is 1. The third-order valence-electron chi connectivity index (χ3n) is 1.96. The molecule has 0 amide bonds. The molecule has 0 aliphatic rings. The highest BCUT2D eigenvalue weighted by Gasteiger charge is 2.09. The fraction of sp³-hybridized carbons (Fsp3) is 0.182. The van der Waals surface area contributed by atoms with E-state index in [1.807, 2.05) is 6.92 Å². The van der Waals surface area contributed by atoms with E-state index in [0.29, 0.717) is 17.3 Å². The lowest BCUT2D eigenvalue weighted by molar-refractivity contribution is -0.384. The highest BCUT2D eigenvalue weighted by molar-refractivity contribution is 7.80. The van der Waals surface area contributed by atoms with Crippen LogP contribution >= 0.6 is 23.8 Å². The molecule has 0 saturated heterocycles. The lowest BCUT2D eigenvalue weighted by atomic mass is 10.3. The van der Waals surface area contributed by atoms with E-state index >= 15 is 0 Å². The zero-order valence-corrected chi connectivity index (χ0v) is 11.3. The number of nitrogens with one attached hydrogen (secondary N) is 2. The summed E-state index contributed by atoms with van der Waals surface area (Å²) in [4.78, 5) is 10.0. The molecule has 1 aromatic carbocycles. The molecular weight excluding hydrogens is 274 g/mol. The van der Waals surface area contributed by atoms with Crippen LogP contribution in [0.4, 0.5) is 11.4 Å². The smallest absolute Gasteiger partial charge is 0.271 e. The molecule has 0 radical (unpaired) electrons. The molecule has 0 fully saturated rings. The maximum absolute atomic E-state index is 10.5. The van der Waals surface area contributed by atoms with Crippen molar-refractivity contribution < 1.29 is 4.92 Å². The minimum Gasteiger partial charge on any atom is -0.359 e. The second-order valence-corrected chi connectivity index (χ2v) is 4.50. The molecule has 2 N–H and O–H groups in total. The van der Waals surface area contributed by atoms with Crippen molar-refractivity contribution in [1.29, 1.82) is 0 Å². The van der Waals surface area contributed by atoms with Gasteiger partial charge < -0.3 is 10.6 Å². The Morgan fingerprint density at radius 2 is 2.28 bits per heavy atom. The van der Waals surface area contributed by atoms with E-state index in [4.69, 9.17) is 23.8 Å². The average Bonchev–Trinajstić information content (AvgIpc) is 2.29. The van der Waals surface area contributed by atoms with Crippen molar-refractivity contribution in [2.75, 3.05) is 11.9 Å². The summed E-state index contributed by atoms with van der Waals surface area (Å²) in [6.07, 6.45) is 0. The second kappa shape index (κ2) is 6.32. The summed E-state index contributed by atoms with van der Waals surface area (Å²) in [5, 5.41) is 16.9. The van der Waals surface area contributed by atoms with Crippen LogP contribution < -0.4 is 10.6 Å². The van der Waals surface area contributed by atoms with E-state index < -0.39 is 4.92 Å². The minimum absolute atomic E-state index is 0.0636. The first-order valence-corrected chi connectivity index (χ1v) is 5.82. The third-order valence-corrected chi connectivity index (χ3v) is 2.52. The number of anilines is 1. The maximum Gasteiger partial charge on any atom is 0.271 e. The van der Waals surface area contributed by atoms with Crippen LogP contribution in [0.2, 0.25) is 5.02 Å². The normalized spacial score (nSPS) is 9.67. The summed E-state index contributed by atoms with van der Waals surface area (Å²) in [7, 11) is 0. The number of non-ortho nitro benzene ring substituents is 1. The number of rotatable bonds is 4. The number of nitrogens with zero attached hydrogens (tertiary/aromatic N) is 1. The molecule has 18 heavy (non-hydrogen) atoms. The highest BCUT2D eigenvalue weighted by atomic mass is 35.5. The van der Waals surface area contributed by atoms with Gasteiger partial charge in [-0.3, -0.25) is 10.1 Å². The van der Waals surface area contributed by atoms with E-state index in [1.54, 1.807) is 0 Å².